The Bertz CT molecular complexity index is 1100. The first-order chi connectivity index (χ1) is 16.6. The molecule has 0 saturated carbocycles. The van der Waals surface area contributed by atoms with E-state index in [4.69, 9.17) is 25.8 Å². The van der Waals surface area contributed by atoms with Crippen molar-refractivity contribution in [2.24, 2.45) is 11.7 Å². The summed E-state index contributed by atoms with van der Waals surface area (Å²) in [5, 5.41) is 26.6. The highest BCUT2D eigenvalue weighted by Crippen LogP contribution is 2.22. The lowest BCUT2D eigenvalue weighted by Crippen LogP contribution is -2.64. The van der Waals surface area contributed by atoms with Gasteiger partial charge in [0.05, 0.1) is 0 Å². The topological polar surface area (TPSA) is 180 Å². The van der Waals surface area contributed by atoms with Crippen LogP contribution in [0.15, 0.2) is 54.6 Å². The molecule has 1 atom stereocenters. The first-order valence-electron chi connectivity index (χ1n) is 10.2. The van der Waals surface area contributed by atoms with Crippen molar-refractivity contribution in [2.75, 3.05) is 0 Å². The summed E-state index contributed by atoms with van der Waals surface area (Å²) in [4.78, 5) is 46.7. The Kier molecular flexibility index (Phi) is 10.1. The summed E-state index contributed by atoms with van der Waals surface area (Å²) in [6, 6.07) is 13.6. The number of Topliss-reactive ketones (excluding diaryl/α,β-unsaturated/α-hetero) is 1. The Morgan fingerprint density at radius 3 is 1.81 bits per heavy atom. The molecule has 0 aliphatic heterocycles. The molecule has 0 fully saturated rings. The molecule has 0 aliphatic carbocycles. The maximum Gasteiger partial charge on any atom is 0.490 e. The van der Waals surface area contributed by atoms with Crippen molar-refractivity contribution in [2.45, 2.75) is 32.2 Å². The standard InChI is InChI=1S/C21H23N3O5.C2HF3O2/c1-13(2)12-17(25)21(20(27)28,29-16-6-4-3-5-7-16)24-19(26)15-10-8-14(9-11-15)18(22)23;3-2(4,5)1(6)7/h3-11,13H,12H2,1-2H3,(H3,22,23)(H,24,26)(H,27,28);(H,6,7). The van der Waals surface area contributed by atoms with Gasteiger partial charge in [-0.25, -0.2) is 9.59 Å². The van der Waals surface area contributed by atoms with Gasteiger partial charge in [0.25, 0.3) is 5.91 Å². The molecular weight excluding hydrogens is 487 g/mol. The first kappa shape index (κ1) is 29.6. The molecular formula is C23H24F3N3O7. The van der Waals surface area contributed by atoms with E-state index in [0.29, 0.717) is 5.56 Å². The third-order valence-corrected chi connectivity index (χ3v) is 4.29. The van der Waals surface area contributed by atoms with Crippen molar-refractivity contribution >= 4 is 29.5 Å². The predicted molar refractivity (Wildman–Crippen MR) is 121 cm³/mol. The molecule has 194 valence electrons. The number of alkyl halides is 3. The average Bonchev–Trinajstić information content (AvgIpc) is 2.78. The summed E-state index contributed by atoms with van der Waals surface area (Å²) in [6.45, 7) is 3.52. The lowest BCUT2D eigenvalue weighted by Gasteiger charge is -2.30. The number of carboxylic acids is 2. The SMILES string of the molecule is CC(C)CC(=O)C(NC(=O)c1ccc(C(=N)N)cc1)(Oc1ccccc1)C(=O)O.O=C(O)C(F)(F)F. The second-order valence-electron chi connectivity index (χ2n) is 7.67. The Balaban J connectivity index is 0.000000809. The molecule has 1 amide bonds. The summed E-state index contributed by atoms with van der Waals surface area (Å²) in [5.74, 6) is -6.16. The van der Waals surface area contributed by atoms with Crippen molar-refractivity contribution in [3.05, 3.63) is 65.7 Å². The highest BCUT2D eigenvalue weighted by Gasteiger charge is 2.50. The normalized spacial score (nSPS) is 12.4. The quantitative estimate of drug-likeness (QED) is 0.147. The molecule has 2 aromatic carbocycles. The van der Waals surface area contributed by atoms with E-state index in [1.54, 1.807) is 32.0 Å². The second-order valence-corrected chi connectivity index (χ2v) is 7.67. The van der Waals surface area contributed by atoms with E-state index in [-0.39, 0.29) is 29.5 Å². The van der Waals surface area contributed by atoms with Crippen LogP contribution >= 0.6 is 0 Å². The van der Waals surface area contributed by atoms with Gasteiger partial charge in [-0.05, 0) is 30.2 Å². The number of rotatable bonds is 9. The number of nitrogens with two attached hydrogens (primary N) is 1. The number of carbonyl (C=O) groups excluding carboxylic acids is 2. The minimum Gasteiger partial charge on any atom is -0.476 e. The van der Waals surface area contributed by atoms with Crippen LogP contribution in [0.4, 0.5) is 13.2 Å². The molecule has 0 bridgehead atoms. The van der Waals surface area contributed by atoms with Gasteiger partial charge in [0.15, 0.2) is 0 Å². The van der Waals surface area contributed by atoms with E-state index in [1.165, 1.54) is 36.4 Å². The number of ketones is 1. The van der Waals surface area contributed by atoms with E-state index < -0.39 is 35.5 Å². The third-order valence-electron chi connectivity index (χ3n) is 4.29. The average molecular weight is 511 g/mol. The monoisotopic (exact) mass is 511 g/mol. The van der Waals surface area contributed by atoms with Crippen molar-refractivity contribution in [3.8, 4) is 5.75 Å². The summed E-state index contributed by atoms with van der Waals surface area (Å²) in [5.41, 5.74) is 3.31. The van der Waals surface area contributed by atoms with Gasteiger partial charge < -0.3 is 20.7 Å². The molecule has 2 rings (SSSR count). The summed E-state index contributed by atoms with van der Waals surface area (Å²) < 4.78 is 37.3. The van der Waals surface area contributed by atoms with Crippen LogP contribution in [0.5, 0.6) is 5.75 Å². The van der Waals surface area contributed by atoms with E-state index >= 15 is 0 Å². The van der Waals surface area contributed by atoms with Crippen LogP contribution in [0.2, 0.25) is 0 Å². The van der Waals surface area contributed by atoms with E-state index in [2.05, 4.69) is 5.32 Å². The van der Waals surface area contributed by atoms with Gasteiger partial charge in [-0.15, -0.1) is 0 Å². The molecule has 0 saturated heterocycles. The summed E-state index contributed by atoms with van der Waals surface area (Å²) in [6.07, 6.45) is -5.19. The number of nitrogen functional groups attached to an aromatic ring is 1. The molecule has 6 N–H and O–H groups in total. The highest BCUT2D eigenvalue weighted by atomic mass is 19.4. The predicted octanol–water partition coefficient (Wildman–Crippen LogP) is 2.81. The van der Waals surface area contributed by atoms with E-state index in [9.17, 15) is 32.7 Å². The van der Waals surface area contributed by atoms with Gasteiger partial charge >= 0.3 is 23.8 Å². The smallest absolute Gasteiger partial charge is 0.476 e. The number of para-hydroxylation sites is 1. The number of hydrogen-bond acceptors (Lipinski definition) is 6. The van der Waals surface area contributed by atoms with E-state index in [0.717, 1.165) is 0 Å². The lowest BCUT2D eigenvalue weighted by atomic mass is 9.97. The van der Waals surface area contributed by atoms with Gasteiger partial charge in [0, 0.05) is 17.5 Å². The number of amidine groups is 1. The van der Waals surface area contributed by atoms with Crippen molar-refractivity contribution in [1.82, 2.24) is 5.32 Å². The molecule has 1 unspecified atom stereocenters. The second kappa shape index (κ2) is 12.3. The van der Waals surface area contributed by atoms with Crippen molar-refractivity contribution in [3.63, 3.8) is 0 Å². The molecule has 0 aromatic heterocycles. The van der Waals surface area contributed by atoms with Crippen molar-refractivity contribution < 1.29 is 47.3 Å². The third kappa shape index (κ3) is 8.42. The first-order valence-corrected chi connectivity index (χ1v) is 10.2. The largest absolute Gasteiger partial charge is 0.490 e. The van der Waals surface area contributed by atoms with Crippen LogP contribution in [0.3, 0.4) is 0 Å². The molecule has 0 spiro atoms. The fraction of sp³-hybridized carbons (Fsp3) is 0.261. The highest BCUT2D eigenvalue weighted by molar-refractivity contribution is 6.11. The number of benzene rings is 2. The number of hydrogen-bond donors (Lipinski definition) is 5. The number of carboxylic acid groups (broad SMARTS) is 2. The van der Waals surface area contributed by atoms with E-state index in [1.807, 2.05) is 0 Å². The lowest BCUT2D eigenvalue weighted by molar-refractivity contribution is -0.192. The molecule has 36 heavy (non-hydrogen) atoms. The van der Waals surface area contributed by atoms with Gasteiger partial charge in [-0.2, -0.15) is 13.2 Å². The zero-order valence-electron chi connectivity index (χ0n) is 19.1. The zero-order chi connectivity index (χ0) is 27.7. The Labute approximate surface area is 203 Å². The molecule has 10 nitrogen and oxygen atoms in total. The van der Waals surface area contributed by atoms with Crippen LogP contribution in [-0.4, -0.2) is 51.6 Å². The maximum absolute atomic E-state index is 12.9. The fourth-order valence-corrected chi connectivity index (χ4v) is 2.58. The maximum atomic E-state index is 12.9. The molecule has 13 heteroatoms. The van der Waals surface area contributed by atoms with Gasteiger partial charge in [-0.3, -0.25) is 20.3 Å². The number of aliphatic carboxylic acids is 2. The minimum absolute atomic E-state index is 0.0923. The number of halogens is 3. The number of amides is 1. The Hall–Kier alpha value is -4.42. The molecule has 0 radical (unpaired) electrons. The summed E-state index contributed by atoms with van der Waals surface area (Å²) in [7, 11) is 0. The van der Waals surface area contributed by atoms with Crippen LogP contribution in [0, 0.1) is 11.3 Å². The Morgan fingerprint density at radius 2 is 1.42 bits per heavy atom. The van der Waals surface area contributed by atoms with Crippen LogP contribution < -0.4 is 15.8 Å². The molecule has 0 heterocycles. The van der Waals surface area contributed by atoms with Gasteiger partial charge in [-0.1, -0.05) is 44.2 Å². The van der Waals surface area contributed by atoms with Crippen LogP contribution in [0.25, 0.3) is 0 Å². The number of nitrogens with one attached hydrogen (secondary N) is 2. The van der Waals surface area contributed by atoms with Crippen molar-refractivity contribution in [1.29, 1.82) is 5.41 Å². The van der Waals surface area contributed by atoms with Crippen LogP contribution in [0.1, 0.15) is 36.2 Å². The number of carbonyl (C=O) groups is 4. The van der Waals surface area contributed by atoms with Gasteiger partial charge in [0.1, 0.15) is 11.6 Å². The van der Waals surface area contributed by atoms with Gasteiger partial charge in [0.2, 0.25) is 5.78 Å². The fourth-order valence-electron chi connectivity index (χ4n) is 2.58. The Morgan fingerprint density at radius 1 is 0.944 bits per heavy atom. The van der Waals surface area contributed by atoms with Crippen LogP contribution in [-0.2, 0) is 14.4 Å². The minimum atomic E-state index is -5.08. The molecule has 0 aliphatic rings. The summed E-state index contributed by atoms with van der Waals surface area (Å²) >= 11 is 0. The molecule has 2 aromatic rings. The zero-order valence-corrected chi connectivity index (χ0v) is 19.1. The number of ether oxygens (including phenoxy) is 1.